The Balaban J connectivity index is 1.72. The Kier molecular flexibility index (Phi) is 4.59. The van der Waals surface area contributed by atoms with Crippen molar-refractivity contribution >= 4 is 17.1 Å². The summed E-state index contributed by atoms with van der Waals surface area (Å²) < 4.78 is 0. The van der Waals surface area contributed by atoms with Gasteiger partial charge in [-0.2, -0.15) is 0 Å². The van der Waals surface area contributed by atoms with Crippen molar-refractivity contribution in [1.29, 1.82) is 0 Å². The third-order valence-corrected chi connectivity index (χ3v) is 5.28. The highest BCUT2D eigenvalue weighted by Crippen LogP contribution is 2.44. The van der Waals surface area contributed by atoms with Gasteiger partial charge in [0.2, 0.25) is 0 Å². The van der Waals surface area contributed by atoms with Gasteiger partial charge in [0, 0.05) is 17.6 Å². The topological polar surface area (TPSA) is 6.48 Å². The maximum Gasteiger partial charge on any atom is 0.136 e. The quantitative estimate of drug-likeness (QED) is 0.392. The van der Waals surface area contributed by atoms with E-state index in [4.69, 9.17) is 0 Å². The number of para-hydroxylation sites is 2. The monoisotopic (exact) mass is 374 g/mol. The van der Waals surface area contributed by atoms with Gasteiger partial charge in [0.15, 0.2) is 0 Å². The second-order valence-corrected chi connectivity index (χ2v) is 7.11. The molecule has 1 aliphatic heterocycles. The molecule has 0 saturated carbocycles. The highest BCUT2D eigenvalue weighted by Gasteiger charge is 2.35. The van der Waals surface area contributed by atoms with Crippen LogP contribution in [0.5, 0.6) is 0 Å². The van der Waals surface area contributed by atoms with Gasteiger partial charge in [-0.3, -0.25) is 0 Å². The summed E-state index contributed by atoms with van der Waals surface area (Å²) in [6, 6.07) is 42.6. The van der Waals surface area contributed by atoms with Crippen LogP contribution in [0.4, 0.5) is 11.4 Å². The predicted octanol–water partition coefficient (Wildman–Crippen LogP) is 6.71. The van der Waals surface area contributed by atoms with E-state index < -0.39 is 0 Å². The van der Waals surface area contributed by atoms with Crippen LogP contribution in [0.1, 0.15) is 17.3 Å². The highest BCUT2D eigenvalue weighted by molar-refractivity contribution is 5.86. The number of hydrogen-bond donors (Lipinski definition) is 0. The van der Waals surface area contributed by atoms with E-state index in [1.165, 1.54) is 28.2 Å². The summed E-state index contributed by atoms with van der Waals surface area (Å²) in [5.41, 5.74) is 6.00. The lowest BCUT2D eigenvalue weighted by atomic mass is 10.1. The minimum absolute atomic E-state index is 0.0382. The summed E-state index contributed by atoms with van der Waals surface area (Å²) in [5, 5.41) is 0. The molecule has 1 unspecified atom stereocenters. The van der Waals surface area contributed by atoms with Crippen molar-refractivity contribution in [2.45, 2.75) is 6.17 Å². The van der Waals surface area contributed by atoms with Crippen LogP contribution in [0.25, 0.3) is 5.70 Å². The van der Waals surface area contributed by atoms with Gasteiger partial charge >= 0.3 is 0 Å². The van der Waals surface area contributed by atoms with E-state index in [1.54, 1.807) is 0 Å². The first-order chi connectivity index (χ1) is 14.4. The molecule has 0 amide bonds. The molecular formula is C27H22N2. The second-order valence-electron chi connectivity index (χ2n) is 7.11. The molecule has 1 aliphatic rings. The van der Waals surface area contributed by atoms with Crippen molar-refractivity contribution in [3.8, 4) is 0 Å². The second kappa shape index (κ2) is 7.69. The molecule has 140 valence electrons. The van der Waals surface area contributed by atoms with Crippen LogP contribution in [0.2, 0.25) is 0 Å². The molecular weight excluding hydrogens is 352 g/mol. The van der Waals surface area contributed by atoms with E-state index in [9.17, 15) is 0 Å². The molecule has 1 atom stereocenters. The van der Waals surface area contributed by atoms with E-state index in [-0.39, 0.29) is 6.17 Å². The zero-order chi connectivity index (χ0) is 19.5. The molecule has 0 aromatic heterocycles. The fraction of sp³-hybridized carbons (Fsp3) is 0.0370. The van der Waals surface area contributed by atoms with Crippen LogP contribution in [-0.2, 0) is 0 Å². The van der Waals surface area contributed by atoms with Gasteiger partial charge in [0.25, 0.3) is 0 Å². The molecule has 2 heteroatoms. The van der Waals surface area contributed by atoms with Crippen molar-refractivity contribution in [3.05, 3.63) is 139 Å². The van der Waals surface area contributed by atoms with Crippen LogP contribution in [-0.4, -0.2) is 0 Å². The molecule has 2 nitrogen and oxygen atoms in total. The number of benzene rings is 4. The van der Waals surface area contributed by atoms with Gasteiger partial charge in [-0.15, -0.1) is 0 Å². The van der Waals surface area contributed by atoms with E-state index in [0.717, 1.165) is 0 Å². The summed E-state index contributed by atoms with van der Waals surface area (Å²) >= 11 is 0. The normalized spacial score (nSPS) is 16.0. The van der Waals surface area contributed by atoms with Crippen molar-refractivity contribution in [1.82, 2.24) is 0 Å². The summed E-state index contributed by atoms with van der Waals surface area (Å²) in [7, 11) is 0. The molecule has 0 saturated heterocycles. The van der Waals surface area contributed by atoms with E-state index in [2.05, 4.69) is 137 Å². The molecule has 29 heavy (non-hydrogen) atoms. The number of rotatable bonds is 4. The van der Waals surface area contributed by atoms with Gasteiger partial charge in [-0.25, -0.2) is 0 Å². The summed E-state index contributed by atoms with van der Waals surface area (Å²) in [4.78, 5) is 4.79. The lowest BCUT2D eigenvalue weighted by Crippen LogP contribution is -2.31. The zero-order valence-corrected chi connectivity index (χ0v) is 16.1. The van der Waals surface area contributed by atoms with Crippen LogP contribution in [0, 0.1) is 0 Å². The molecule has 0 N–H and O–H groups in total. The Hall–Kier alpha value is -3.78. The Labute approximate surface area is 172 Å². The molecule has 0 bridgehead atoms. The molecule has 0 aliphatic carbocycles. The lowest BCUT2D eigenvalue weighted by Gasteiger charge is -2.35. The Morgan fingerprint density at radius 2 is 0.966 bits per heavy atom. The maximum absolute atomic E-state index is 2.43. The van der Waals surface area contributed by atoms with Crippen LogP contribution in [0.15, 0.2) is 128 Å². The molecule has 0 fully saturated rings. The van der Waals surface area contributed by atoms with Crippen LogP contribution in [0.3, 0.4) is 0 Å². The first kappa shape index (κ1) is 17.3. The van der Waals surface area contributed by atoms with Crippen LogP contribution < -0.4 is 9.80 Å². The van der Waals surface area contributed by atoms with Gasteiger partial charge in [0.1, 0.15) is 6.17 Å². The fourth-order valence-corrected chi connectivity index (χ4v) is 3.96. The Morgan fingerprint density at radius 3 is 1.55 bits per heavy atom. The van der Waals surface area contributed by atoms with Crippen molar-refractivity contribution < 1.29 is 0 Å². The summed E-state index contributed by atoms with van der Waals surface area (Å²) in [6.07, 6.45) is 2.31. The number of nitrogens with zero attached hydrogens (tertiary/aromatic N) is 2. The zero-order valence-electron chi connectivity index (χ0n) is 16.1. The molecule has 1 heterocycles. The smallest absolute Gasteiger partial charge is 0.136 e. The number of anilines is 2. The number of hydrogen-bond acceptors (Lipinski definition) is 2. The highest BCUT2D eigenvalue weighted by atomic mass is 15.4. The first-order valence-electron chi connectivity index (χ1n) is 9.92. The fourth-order valence-electron chi connectivity index (χ4n) is 3.96. The molecule has 5 rings (SSSR count). The van der Waals surface area contributed by atoms with Crippen molar-refractivity contribution in [3.63, 3.8) is 0 Å². The average molecular weight is 374 g/mol. The Morgan fingerprint density at radius 1 is 0.483 bits per heavy atom. The summed E-state index contributed by atoms with van der Waals surface area (Å²) in [5.74, 6) is 0. The maximum atomic E-state index is 2.43. The minimum atomic E-state index is 0.0382. The third-order valence-electron chi connectivity index (χ3n) is 5.28. The average Bonchev–Trinajstić information content (AvgIpc) is 3.22. The molecule has 4 aromatic rings. The first-order valence-corrected chi connectivity index (χ1v) is 9.92. The van der Waals surface area contributed by atoms with Gasteiger partial charge in [-0.05, 0) is 35.4 Å². The van der Waals surface area contributed by atoms with Crippen molar-refractivity contribution in [2.24, 2.45) is 0 Å². The van der Waals surface area contributed by atoms with E-state index in [0.29, 0.717) is 0 Å². The molecule has 4 aromatic carbocycles. The third kappa shape index (κ3) is 3.30. The lowest BCUT2D eigenvalue weighted by molar-refractivity contribution is 0.739. The molecule has 0 radical (unpaired) electrons. The van der Waals surface area contributed by atoms with E-state index >= 15 is 0 Å². The Bertz CT molecular complexity index is 1090. The minimum Gasteiger partial charge on any atom is -0.321 e. The molecule has 0 spiro atoms. The van der Waals surface area contributed by atoms with Gasteiger partial charge in [-0.1, -0.05) is 97.1 Å². The summed E-state index contributed by atoms with van der Waals surface area (Å²) in [6.45, 7) is 0. The van der Waals surface area contributed by atoms with Crippen LogP contribution >= 0.6 is 0 Å². The van der Waals surface area contributed by atoms with Crippen molar-refractivity contribution in [2.75, 3.05) is 9.80 Å². The van der Waals surface area contributed by atoms with E-state index in [1.807, 2.05) is 0 Å². The van der Waals surface area contributed by atoms with Gasteiger partial charge in [0.05, 0.1) is 5.70 Å². The standard InChI is InChI=1S/C27H22N2/c1-5-13-22(14-6-1)26-21-28(24-17-9-3-10-18-24)27(23-15-7-2-8-16-23)29(26)25-19-11-4-12-20-25/h1-21,27H. The largest absolute Gasteiger partial charge is 0.321 e. The SMILES string of the molecule is C1=C(c2ccccc2)N(c2ccccc2)C(c2ccccc2)N1c1ccccc1. The van der Waals surface area contributed by atoms with Gasteiger partial charge < -0.3 is 9.80 Å². The predicted molar refractivity (Wildman–Crippen MR) is 121 cm³/mol.